The smallest absolute Gasteiger partial charge is 0.165 e. The largest absolute Gasteiger partial charge is 0.491 e. The quantitative estimate of drug-likeness (QED) is 0.883. The predicted octanol–water partition coefficient (Wildman–Crippen LogP) is 2.26. The maximum Gasteiger partial charge on any atom is 0.165 e. The Morgan fingerprint density at radius 1 is 1.29 bits per heavy atom. The molecule has 0 saturated heterocycles. The van der Waals surface area contributed by atoms with E-state index in [-0.39, 0.29) is 5.75 Å². The van der Waals surface area contributed by atoms with Gasteiger partial charge in [-0.25, -0.2) is 14.4 Å². The summed E-state index contributed by atoms with van der Waals surface area (Å²) in [4.78, 5) is 7.81. The Kier molecular flexibility index (Phi) is 3.18. The summed E-state index contributed by atoms with van der Waals surface area (Å²) >= 11 is 0. The van der Waals surface area contributed by atoms with Gasteiger partial charge in [-0.15, -0.1) is 0 Å². The third-order valence-electron chi connectivity index (χ3n) is 2.22. The predicted molar refractivity (Wildman–Crippen MR) is 63.0 cm³/mol. The van der Waals surface area contributed by atoms with Crippen LogP contribution >= 0.6 is 0 Å². The van der Waals surface area contributed by atoms with Gasteiger partial charge in [0.15, 0.2) is 11.6 Å². The summed E-state index contributed by atoms with van der Waals surface area (Å²) in [5.41, 5.74) is 6.76. The van der Waals surface area contributed by atoms with E-state index in [4.69, 9.17) is 10.5 Å². The molecule has 1 aromatic heterocycles. The van der Waals surface area contributed by atoms with Crippen molar-refractivity contribution >= 4 is 5.82 Å². The number of benzene rings is 1. The minimum Gasteiger partial charge on any atom is -0.491 e. The first-order valence-electron chi connectivity index (χ1n) is 5.21. The maximum absolute atomic E-state index is 13.6. The SMILES string of the molecule is CCOc1ccc(-c2cc(N)ncn2)cc1F. The molecule has 88 valence electrons. The number of halogens is 1. The molecule has 5 heteroatoms. The highest BCUT2D eigenvalue weighted by atomic mass is 19.1. The number of anilines is 1. The van der Waals surface area contributed by atoms with Crippen LogP contribution in [0.2, 0.25) is 0 Å². The van der Waals surface area contributed by atoms with Gasteiger partial charge < -0.3 is 10.5 Å². The van der Waals surface area contributed by atoms with E-state index in [1.54, 1.807) is 25.1 Å². The standard InChI is InChI=1S/C12H12FN3O/c1-2-17-11-4-3-8(5-9(11)13)10-6-12(14)16-7-15-10/h3-7H,2H2,1H3,(H2,14,15,16). The van der Waals surface area contributed by atoms with E-state index in [9.17, 15) is 4.39 Å². The first kappa shape index (κ1) is 11.3. The number of hydrogen-bond acceptors (Lipinski definition) is 4. The molecule has 1 heterocycles. The Labute approximate surface area is 98.3 Å². The van der Waals surface area contributed by atoms with Gasteiger partial charge in [-0.05, 0) is 25.1 Å². The number of hydrogen-bond donors (Lipinski definition) is 1. The van der Waals surface area contributed by atoms with E-state index in [0.717, 1.165) is 0 Å². The number of nitrogen functional groups attached to an aromatic ring is 1. The van der Waals surface area contributed by atoms with Crippen molar-refractivity contribution in [1.82, 2.24) is 9.97 Å². The van der Waals surface area contributed by atoms with Gasteiger partial charge in [0.1, 0.15) is 12.1 Å². The fourth-order valence-electron chi connectivity index (χ4n) is 1.46. The number of nitrogens with zero attached hydrogens (tertiary/aromatic N) is 2. The third-order valence-corrected chi connectivity index (χ3v) is 2.22. The highest BCUT2D eigenvalue weighted by Crippen LogP contribution is 2.24. The van der Waals surface area contributed by atoms with E-state index in [1.807, 2.05) is 0 Å². The Balaban J connectivity index is 2.37. The van der Waals surface area contributed by atoms with Crippen LogP contribution in [-0.4, -0.2) is 16.6 Å². The van der Waals surface area contributed by atoms with Crippen molar-refractivity contribution in [3.8, 4) is 17.0 Å². The topological polar surface area (TPSA) is 61.0 Å². The second-order valence-corrected chi connectivity index (χ2v) is 3.41. The third kappa shape index (κ3) is 2.50. The molecule has 2 aromatic rings. The normalized spacial score (nSPS) is 10.2. The molecule has 0 fully saturated rings. The van der Waals surface area contributed by atoms with Gasteiger partial charge >= 0.3 is 0 Å². The Morgan fingerprint density at radius 2 is 2.12 bits per heavy atom. The van der Waals surface area contributed by atoms with Crippen molar-refractivity contribution in [3.05, 3.63) is 36.4 Å². The molecule has 0 aliphatic rings. The molecule has 0 bridgehead atoms. The van der Waals surface area contributed by atoms with Gasteiger partial charge in [0, 0.05) is 11.6 Å². The van der Waals surface area contributed by atoms with Crippen LogP contribution < -0.4 is 10.5 Å². The Bertz CT molecular complexity index is 531. The molecule has 2 rings (SSSR count). The molecule has 0 atom stereocenters. The van der Waals surface area contributed by atoms with E-state index in [0.29, 0.717) is 23.7 Å². The fourth-order valence-corrected chi connectivity index (χ4v) is 1.46. The minimum absolute atomic E-state index is 0.235. The molecule has 0 saturated carbocycles. The van der Waals surface area contributed by atoms with Gasteiger partial charge in [0.05, 0.1) is 12.3 Å². The first-order chi connectivity index (χ1) is 8.20. The monoisotopic (exact) mass is 233 g/mol. The lowest BCUT2D eigenvalue weighted by atomic mass is 10.1. The highest BCUT2D eigenvalue weighted by Gasteiger charge is 2.07. The van der Waals surface area contributed by atoms with Gasteiger partial charge in [-0.2, -0.15) is 0 Å². The lowest BCUT2D eigenvalue weighted by Gasteiger charge is -2.06. The minimum atomic E-state index is -0.415. The van der Waals surface area contributed by atoms with Crippen LogP contribution in [0.25, 0.3) is 11.3 Å². The molecular weight excluding hydrogens is 221 g/mol. The lowest BCUT2D eigenvalue weighted by Crippen LogP contribution is -1.96. The second-order valence-electron chi connectivity index (χ2n) is 3.41. The van der Waals surface area contributed by atoms with E-state index >= 15 is 0 Å². The zero-order chi connectivity index (χ0) is 12.3. The van der Waals surface area contributed by atoms with Gasteiger partial charge in [0.25, 0.3) is 0 Å². The summed E-state index contributed by atoms with van der Waals surface area (Å²) in [6.45, 7) is 2.23. The molecule has 0 spiro atoms. The van der Waals surface area contributed by atoms with Crippen molar-refractivity contribution in [2.45, 2.75) is 6.92 Å². The van der Waals surface area contributed by atoms with Crippen LogP contribution in [0.1, 0.15) is 6.92 Å². The average Bonchev–Trinajstić information content (AvgIpc) is 2.32. The molecule has 2 N–H and O–H groups in total. The zero-order valence-electron chi connectivity index (χ0n) is 9.35. The Morgan fingerprint density at radius 3 is 2.76 bits per heavy atom. The summed E-state index contributed by atoms with van der Waals surface area (Å²) in [6, 6.07) is 6.27. The summed E-state index contributed by atoms with van der Waals surface area (Å²) in [7, 11) is 0. The molecule has 1 aromatic carbocycles. The molecular formula is C12H12FN3O. The summed E-state index contributed by atoms with van der Waals surface area (Å²) in [6.07, 6.45) is 1.35. The number of ether oxygens (including phenoxy) is 1. The summed E-state index contributed by atoms with van der Waals surface area (Å²) < 4.78 is 18.7. The molecule has 0 aliphatic carbocycles. The van der Waals surface area contributed by atoms with E-state index < -0.39 is 5.82 Å². The summed E-state index contributed by atoms with van der Waals surface area (Å²) in [5, 5.41) is 0. The maximum atomic E-state index is 13.6. The fraction of sp³-hybridized carbons (Fsp3) is 0.167. The molecule has 0 unspecified atom stereocenters. The van der Waals surface area contributed by atoms with Gasteiger partial charge in [0.2, 0.25) is 0 Å². The van der Waals surface area contributed by atoms with Crippen molar-refractivity contribution in [3.63, 3.8) is 0 Å². The van der Waals surface area contributed by atoms with Crippen molar-refractivity contribution in [1.29, 1.82) is 0 Å². The first-order valence-corrected chi connectivity index (χ1v) is 5.21. The van der Waals surface area contributed by atoms with Crippen LogP contribution in [0.3, 0.4) is 0 Å². The molecule has 0 amide bonds. The summed E-state index contributed by atoms with van der Waals surface area (Å²) in [5.74, 6) is 0.170. The van der Waals surface area contributed by atoms with Crippen molar-refractivity contribution in [2.24, 2.45) is 0 Å². The number of nitrogens with two attached hydrogens (primary N) is 1. The van der Waals surface area contributed by atoms with E-state index in [2.05, 4.69) is 9.97 Å². The molecule has 0 aliphatic heterocycles. The van der Waals surface area contributed by atoms with Crippen LogP contribution in [-0.2, 0) is 0 Å². The highest BCUT2D eigenvalue weighted by molar-refractivity contribution is 5.62. The second kappa shape index (κ2) is 4.78. The number of rotatable bonds is 3. The molecule has 4 nitrogen and oxygen atoms in total. The van der Waals surface area contributed by atoms with Gasteiger partial charge in [-0.1, -0.05) is 0 Å². The van der Waals surface area contributed by atoms with Crippen LogP contribution in [0.5, 0.6) is 5.75 Å². The van der Waals surface area contributed by atoms with Gasteiger partial charge in [-0.3, -0.25) is 0 Å². The van der Waals surface area contributed by atoms with Crippen molar-refractivity contribution < 1.29 is 9.13 Å². The lowest BCUT2D eigenvalue weighted by molar-refractivity contribution is 0.321. The number of aromatic nitrogens is 2. The van der Waals surface area contributed by atoms with Crippen LogP contribution in [0, 0.1) is 5.82 Å². The van der Waals surface area contributed by atoms with Crippen LogP contribution in [0.4, 0.5) is 10.2 Å². The Hall–Kier alpha value is -2.17. The molecule has 17 heavy (non-hydrogen) atoms. The van der Waals surface area contributed by atoms with Crippen molar-refractivity contribution in [2.75, 3.05) is 12.3 Å². The van der Waals surface area contributed by atoms with Crippen LogP contribution in [0.15, 0.2) is 30.6 Å². The molecule has 0 radical (unpaired) electrons. The zero-order valence-corrected chi connectivity index (χ0v) is 9.35. The average molecular weight is 233 g/mol. The van der Waals surface area contributed by atoms with E-state index in [1.165, 1.54) is 12.4 Å².